The Hall–Kier alpha value is -2.71. The standard InChI is InChI=1S/C26H27BrN2O4S/c1-26(2,3)22(30)15-24-29(16-23(31)28-12-6-7-13-28)25(32)21(34-24)14-17-10-11-20(33-17)18-8-4-5-9-19(18)27/h4-5,8-11,14-15H,6-7,12-13,16H2,1-3H3. The van der Waals surface area contributed by atoms with Gasteiger partial charge in [0.05, 0.1) is 4.53 Å². The number of amides is 1. The predicted molar refractivity (Wildman–Crippen MR) is 138 cm³/mol. The Kier molecular flexibility index (Phi) is 7.09. The first-order chi connectivity index (χ1) is 16.1. The average molecular weight is 543 g/mol. The lowest BCUT2D eigenvalue weighted by molar-refractivity contribution is -0.130. The van der Waals surface area contributed by atoms with Crippen LogP contribution in [0.4, 0.5) is 0 Å². The maximum atomic E-state index is 13.3. The van der Waals surface area contributed by atoms with Crippen LogP contribution in [-0.4, -0.2) is 34.2 Å². The molecule has 1 aliphatic heterocycles. The van der Waals surface area contributed by atoms with Crippen molar-refractivity contribution in [3.05, 3.63) is 66.2 Å². The molecule has 8 heteroatoms. The quantitative estimate of drug-likeness (QED) is 0.491. The van der Waals surface area contributed by atoms with Gasteiger partial charge in [0.2, 0.25) is 5.91 Å². The lowest BCUT2D eigenvalue weighted by Gasteiger charge is -2.15. The first-order valence-corrected chi connectivity index (χ1v) is 12.8. The summed E-state index contributed by atoms with van der Waals surface area (Å²) in [6.45, 7) is 6.83. The van der Waals surface area contributed by atoms with Gasteiger partial charge in [-0.05, 0) is 31.0 Å². The van der Waals surface area contributed by atoms with Crippen LogP contribution < -0.4 is 14.8 Å². The molecular formula is C26H27BrN2O4S. The molecule has 0 aliphatic carbocycles. The molecule has 0 spiro atoms. The largest absolute Gasteiger partial charge is 0.457 e. The molecule has 3 aromatic rings. The second-order valence-corrected chi connectivity index (χ2v) is 11.3. The van der Waals surface area contributed by atoms with Crippen LogP contribution in [0.3, 0.4) is 0 Å². The Balaban J connectivity index is 1.76. The van der Waals surface area contributed by atoms with E-state index in [9.17, 15) is 14.4 Å². The molecule has 4 rings (SSSR count). The number of hydrogen-bond donors (Lipinski definition) is 0. The van der Waals surface area contributed by atoms with Crippen LogP contribution in [0.25, 0.3) is 23.5 Å². The van der Waals surface area contributed by atoms with Gasteiger partial charge in [-0.2, -0.15) is 0 Å². The van der Waals surface area contributed by atoms with Crippen molar-refractivity contribution in [2.45, 2.75) is 40.2 Å². The zero-order valence-corrected chi connectivity index (χ0v) is 21.9. The first kappa shape index (κ1) is 24.4. The molecule has 0 radical (unpaired) electrons. The number of benzene rings is 1. The molecule has 0 unspecified atom stereocenters. The van der Waals surface area contributed by atoms with Crippen molar-refractivity contribution in [2.75, 3.05) is 13.1 Å². The van der Waals surface area contributed by atoms with Gasteiger partial charge in [-0.25, -0.2) is 0 Å². The highest BCUT2D eigenvalue weighted by atomic mass is 79.9. The molecule has 3 heterocycles. The molecule has 2 aromatic heterocycles. The maximum Gasteiger partial charge on any atom is 0.269 e. The Morgan fingerprint density at radius 1 is 1.12 bits per heavy atom. The number of carbonyl (C=O) groups is 2. The number of hydrogen-bond acceptors (Lipinski definition) is 5. The number of halogens is 1. The van der Waals surface area contributed by atoms with Crippen molar-refractivity contribution in [1.82, 2.24) is 9.47 Å². The molecule has 1 aliphatic rings. The SMILES string of the molecule is CC(C)(C)C(=O)C=c1sc(=Cc2ccc(-c3ccccc3Br)o2)c(=O)n1CC(=O)N1CCCC1. The van der Waals surface area contributed by atoms with Crippen LogP contribution >= 0.6 is 27.3 Å². The van der Waals surface area contributed by atoms with E-state index in [1.54, 1.807) is 17.0 Å². The number of Topliss-reactive ketones (excluding diaryl/α,β-unsaturated/α-hetero) is 1. The Bertz CT molecular complexity index is 1400. The number of carbonyl (C=O) groups excluding carboxylic acids is 2. The summed E-state index contributed by atoms with van der Waals surface area (Å²) in [6, 6.07) is 11.4. The molecule has 0 saturated carbocycles. The van der Waals surface area contributed by atoms with Gasteiger partial charge in [-0.1, -0.05) is 54.9 Å². The summed E-state index contributed by atoms with van der Waals surface area (Å²) >= 11 is 4.73. The summed E-state index contributed by atoms with van der Waals surface area (Å²) in [6.07, 6.45) is 5.10. The number of thiazole rings is 1. The lowest BCUT2D eigenvalue weighted by Crippen LogP contribution is -2.39. The van der Waals surface area contributed by atoms with Crippen LogP contribution in [-0.2, 0) is 16.1 Å². The van der Waals surface area contributed by atoms with Gasteiger partial charge in [0.25, 0.3) is 5.56 Å². The summed E-state index contributed by atoms with van der Waals surface area (Å²) in [4.78, 5) is 40.6. The summed E-state index contributed by atoms with van der Waals surface area (Å²) in [7, 11) is 0. The van der Waals surface area contributed by atoms with Gasteiger partial charge >= 0.3 is 0 Å². The van der Waals surface area contributed by atoms with Gasteiger partial charge in [0, 0.05) is 40.7 Å². The summed E-state index contributed by atoms with van der Waals surface area (Å²) < 4.78 is 9.19. The molecular weight excluding hydrogens is 516 g/mol. The van der Waals surface area contributed by atoms with Crippen LogP contribution in [0, 0.1) is 5.41 Å². The van der Waals surface area contributed by atoms with Crippen molar-refractivity contribution >= 4 is 51.1 Å². The van der Waals surface area contributed by atoms with Gasteiger partial charge < -0.3 is 9.32 Å². The highest BCUT2D eigenvalue weighted by molar-refractivity contribution is 9.10. The molecule has 6 nitrogen and oxygen atoms in total. The van der Waals surface area contributed by atoms with E-state index in [0.29, 0.717) is 33.8 Å². The van der Waals surface area contributed by atoms with Gasteiger partial charge in [-0.15, -0.1) is 11.3 Å². The predicted octanol–water partition coefficient (Wildman–Crippen LogP) is 3.78. The normalized spacial score (nSPS) is 15.4. The minimum atomic E-state index is -0.591. The number of likely N-dealkylation sites (tertiary alicyclic amines) is 1. The molecule has 34 heavy (non-hydrogen) atoms. The minimum Gasteiger partial charge on any atom is -0.457 e. The molecule has 1 fully saturated rings. The molecule has 178 valence electrons. The molecule has 1 aromatic carbocycles. The Morgan fingerprint density at radius 2 is 1.82 bits per heavy atom. The van der Waals surface area contributed by atoms with Gasteiger partial charge in [0.1, 0.15) is 22.7 Å². The Labute approximate surface area is 210 Å². The van der Waals surface area contributed by atoms with E-state index >= 15 is 0 Å². The molecule has 0 atom stereocenters. The van der Waals surface area contributed by atoms with Crippen molar-refractivity contribution in [2.24, 2.45) is 5.41 Å². The third kappa shape index (κ3) is 5.33. The highest BCUT2D eigenvalue weighted by Crippen LogP contribution is 2.29. The van der Waals surface area contributed by atoms with E-state index in [-0.39, 0.29) is 23.8 Å². The van der Waals surface area contributed by atoms with Crippen LogP contribution in [0.2, 0.25) is 0 Å². The number of ketones is 1. The van der Waals surface area contributed by atoms with Crippen LogP contribution in [0.1, 0.15) is 39.4 Å². The van der Waals surface area contributed by atoms with Crippen LogP contribution in [0.15, 0.2) is 50.1 Å². The van der Waals surface area contributed by atoms with Gasteiger partial charge in [-0.3, -0.25) is 19.0 Å². The lowest BCUT2D eigenvalue weighted by atomic mass is 9.91. The number of furan rings is 1. The molecule has 0 bridgehead atoms. The third-order valence-electron chi connectivity index (χ3n) is 5.72. The number of nitrogens with zero attached hydrogens (tertiary/aromatic N) is 2. The number of rotatable bonds is 5. The first-order valence-electron chi connectivity index (χ1n) is 11.2. The van der Waals surface area contributed by atoms with E-state index < -0.39 is 5.41 Å². The Morgan fingerprint density at radius 3 is 2.50 bits per heavy atom. The smallest absolute Gasteiger partial charge is 0.269 e. The zero-order chi connectivity index (χ0) is 24.5. The molecule has 1 saturated heterocycles. The fraction of sp³-hybridized carbons (Fsp3) is 0.346. The topological polar surface area (TPSA) is 72.5 Å². The summed E-state index contributed by atoms with van der Waals surface area (Å²) in [5.41, 5.74) is 0.0169. The number of aromatic nitrogens is 1. The second-order valence-electron chi connectivity index (χ2n) is 9.37. The van der Waals surface area contributed by atoms with E-state index in [1.165, 1.54) is 22.0 Å². The van der Waals surface area contributed by atoms with Crippen LogP contribution in [0.5, 0.6) is 0 Å². The van der Waals surface area contributed by atoms with Crippen molar-refractivity contribution in [1.29, 1.82) is 0 Å². The maximum absolute atomic E-state index is 13.3. The second kappa shape index (κ2) is 9.88. The summed E-state index contributed by atoms with van der Waals surface area (Å²) in [5, 5.41) is 0. The highest BCUT2D eigenvalue weighted by Gasteiger charge is 2.22. The summed E-state index contributed by atoms with van der Waals surface area (Å²) in [5.74, 6) is 0.998. The van der Waals surface area contributed by atoms with E-state index in [0.717, 1.165) is 22.9 Å². The monoisotopic (exact) mass is 542 g/mol. The fourth-order valence-corrected chi connectivity index (χ4v) is 5.19. The average Bonchev–Trinajstić information content (AvgIpc) is 3.52. The van der Waals surface area contributed by atoms with Gasteiger partial charge in [0.15, 0.2) is 5.78 Å². The van der Waals surface area contributed by atoms with E-state index in [2.05, 4.69) is 15.9 Å². The fourth-order valence-electron chi connectivity index (χ4n) is 3.69. The van der Waals surface area contributed by atoms with Crippen molar-refractivity contribution in [3.8, 4) is 11.3 Å². The minimum absolute atomic E-state index is 0.0766. The van der Waals surface area contributed by atoms with E-state index in [1.807, 2.05) is 51.1 Å². The van der Waals surface area contributed by atoms with E-state index in [4.69, 9.17) is 4.42 Å². The zero-order valence-electron chi connectivity index (χ0n) is 19.5. The third-order valence-corrected chi connectivity index (χ3v) is 7.47. The van der Waals surface area contributed by atoms with Crippen molar-refractivity contribution < 1.29 is 14.0 Å². The van der Waals surface area contributed by atoms with Crippen molar-refractivity contribution in [3.63, 3.8) is 0 Å². The molecule has 0 N–H and O–H groups in total. The molecule has 1 amide bonds.